The van der Waals surface area contributed by atoms with Crippen LogP contribution in [0.2, 0.25) is 0 Å². The second kappa shape index (κ2) is 6.92. The number of benzene rings is 1. The maximum atomic E-state index is 9.01. The lowest BCUT2D eigenvalue weighted by atomic mass is 10.1. The highest BCUT2D eigenvalue weighted by molar-refractivity contribution is 8.93. The molecular weight excluding hydrogens is 230 g/mol. The van der Waals surface area contributed by atoms with E-state index in [2.05, 4.69) is 0 Å². The Morgan fingerprint density at radius 3 is 2.23 bits per heavy atom. The zero-order chi connectivity index (χ0) is 8.81. The third kappa shape index (κ3) is 4.90. The van der Waals surface area contributed by atoms with Crippen LogP contribution in [0.15, 0.2) is 24.3 Å². The van der Waals surface area contributed by atoms with Crippen molar-refractivity contribution >= 4 is 17.0 Å². The summed E-state index contributed by atoms with van der Waals surface area (Å²) < 4.78 is 0. The van der Waals surface area contributed by atoms with Gasteiger partial charge in [0.2, 0.25) is 0 Å². The van der Waals surface area contributed by atoms with Gasteiger partial charge in [0, 0.05) is 0 Å². The number of unbranched alkanes of at least 4 members (excludes halogenated alkanes) is 1. The summed E-state index contributed by atoms with van der Waals surface area (Å²) in [4.78, 5) is 0. The molecule has 1 rings (SSSR count). The molecule has 2 nitrogen and oxygen atoms in total. The van der Waals surface area contributed by atoms with Crippen LogP contribution in [0.25, 0.3) is 0 Å². The molecule has 0 heterocycles. The first-order valence-electron chi connectivity index (χ1n) is 4.31. The van der Waals surface area contributed by atoms with E-state index in [4.69, 9.17) is 10.8 Å². The van der Waals surface area contributed by atoms with Gasteiger partial charge in [0.1, 0.15) is 5.75 Å². The van der Waals surface area contributed by atoms with Crippen molar-refractivity contribution in [2.45, 2.75) is 19.3 Å². The Labute approximate surface area is 89.5 Å². The molecule has 0 unspecified atom stereocenters. The standard InChI is InChI=1S/C10H15NO.BrH/c11-8-2-1-3-9-4-6-10(12)7-5-9;/h4-7,12H,1-3,8,11H2;1H. The van der Waals surface area contributed by atoms with Crippen molar-refractivity contribution in [3.8, 4) is 5.75 Å². The van der Waals surface area contributed by atoms with Crippen LogP contribution in [0.4, 0.5) is 0 Å². The first kappa shape index (κ1) is 12.5. The fourth-order valence-corrected chi connectivity index (χ4v) is 1.14. The second-order valence-electron chi connectivity index (χ2n) is 2.91. The van der Waals surface area contributed by atoms with E-state index in [-0.39, 0.29) is 17.0 Å². The fraction of sp³-hybridized carbons (Fsp3) is 0.400. The minimum atomic E-state index is 0. The van der Waals surface area contributed by atoms with Crippen molar-refractivity contribution in [2.24, 2.45) is 5.73 Å². The van der Waals surface area contributed by atoms with Crippen LogP contribution < -0.4 is 5.73 Å². The summed E-state index contributed by atoms with van der Waals surface area (Å²) in [6.45, 7) is 0.762. The minimum Gasteiger partial charge on any atom is -0.508 e. The minimum absolute atomic E-state index is 0. The number of aryl methyl sites for hydroxylation is 1. The Morgan fingerprint density at radius 1 is 1.08 bits per heavy atom. The van der Waals surface area contributed by atoms with E-state index in [1.807, 2.05) is 12.1 Å². The van der Waals surface area contributed by atoms with E-state index in [9.17, 15) is 0 Å². The molecule has 3 N–H and O–H groups in total. The van der Waals surface area contributed by atoms with Gasteiger partial charge < -0.3 is 10.8 Å². The van der Waals surface area contributed by atoms with Gasteiger partial charge >= 0.3 is 0 Å². The third-order valence-electron chi connectivity index (χ3n) is 1.86. The van der Waals surface area contributed by atoms with Crippen molar-refractivity contribution in [3.05, 3.63) is 29.8 Å². The normalized spacial score (nSPS) is 9.31. The predicted molar refractivity (Wildman–Crippen MR) is 60.4 cm³/mol. The van der Waals surface area contributed by atoms with Gasteiger partial charge in [-0.25, -0.2) is 0 Å². The van der Waals surface area contributed by atoms with Crippen LogP contribution in [-0.2, 0) is 6.42 Å². The summed E-state index contributed by atoms with van der Waals surface area (Å²) in [5, 5.41) is 9.01. The molecule has 0 aliphatic rings. The second-order valence-corrected chi connectivity index (χ2v) is 2.91. The lowest BCUT2D eigenvalue weighted by Crippen LogP contribution is -1.98. The number of phenolic OH excluding ortho intramolecular Hbond substituents is 1. The first-order chi connectivity index (χ1) is 5.83. The number of rotatable bonds is 4. The van der Waals surface area contributed by atoms with E-state index in [1.54, 1.807) is 12.1 Å². The maximum Gasteiger partial charge on any atom is 0.115 e. The molecule has 0 atom stereocenters. The molecule has 0 aliphatic heterocycles. The molecule has 74 valence electrons. The van der Waals surface area contributed by atoms with Gasteiger partial charge in [-0.1, -0.05) is 12.1 Å². The topological polar surface area (TPSA) is 46.2 Å². The third-order valence-corrected chi connectivity index (χ3v) is 1.86. The molecule has 0 aromatic heterocycles. The van der Waals surface area contributed by atoms with Crippen molar-refractivity contribution in [1.29, 1.82) is 0 Å². The average molecular weight is 246 g/mol. The zero-order valence-electron chi connectivity index (χ0n) is 7.57. The Balaban J connectivity index is 0.00000144. The van der Waals surface area contributed by atoms with E-state index in [0.29, 0.717) is 5.75 Å². The lowest BCUT2D eigenvalue weighted by Gasteiger charge is -1.99. The van der Waals surface area contributed by atoms with Crippen LogP contribution in [0.1, 0.15) is 18.4 Å². The van der Waals surface area contributed by atoms with Gasteiger partial charge in [-0.15, -0.1) is 17.0 Å². The largest absolute Gasteiger partial charge is 0.508 e. The molecule has 0 fully saturated rings. The molecule has 1 aromatic carbocycles. The Morgan fingerprint density at radius 2 is 1.69 bits per heavy atom. The van der Waals surface area contributed by atoms with Crippen molar-refractivity contribution in [2.75, 3.05) is 6.54 Å². The predicted octanol–water partition coefficient (Wildman–Crippen LogP) is 2.25. The highest BCUT2D eigenvalue weighted by Crippen LogP contribution is 2.11. The Bertz CT molecular complexity index is 223. The summed E-state index contributed by atoms with van der Waals surface area (Å²) in [6, 6.07) is 7.34. The number of aromatic hydroxyl groups is 1. The molecule has 0 spiro atoms. The van der Waals surface area contributed by atoms with E-state index in [0.717, 1.165) is 25.8 Å². The molecule has 0 aliphatic carbocycles. The SMILES string of the molecule is Br.NCCCCc1ccc(O)cc1. The fourth-order valence-electron chi connectivity index (χ4n) is 1.14. The molecule has 0 amide bonds. The van der Waals surface area contributed by atoms with Gasteiger partial charge in [0.15, 0.2) is 0 Å². The quantitative estimate of drug-likeness (QED) is 0.800. The zero-order valence-corrected chi connectivity index (χ0v) is 9.28. The lowest BCUT2D eigenvalue weighted by molar-refractivity contribution is 0.475. The monoisotopic (exact) mass is 245 g/mol. The van der Waals surface area contributed by atoms with Gasteiger partial charge in [-0.2, -0.15) is 0 Å². The maximum absolute atomic E-state index is 9.01. The van der Waals surface area contributed by atoms with Gasteiger partial charge in [-0.05, 0) is 43.5 Å². The number of nitrogens with two attached hydrogens (primary N) is 1. The molecule has 1 aromatic rings. The highest BCUT2D eigenvalue weighted by Gasteiger charge is 1.92. The summed E-state index contributed by atoms with van der Waals surface area (Å²) in [5.41, 5.74) is 6.64. The number of hydrogen-bond donors (Lipinski definition) is 2. The van der Waals surface area contributed by atoms with Crippen molar-refractivity contribution in [3.63, 3.8) is 0 Å². The summed E-state index contributed by atoms with van der Waals surface area (Å²) in [7, 11) is 0. The van der Waals surface area contributed by atoms with E-state index >= 15 is 0 Å². The van der Waals surface area contributed by atoms with E-state index in [1.165, 1.54) is 5.56 Å². The van der Waals surface area contributed by atoms with Crippen LogP contribution in [0.5, 0.6) is 5.75 Å². The summed E-state index contributed by atoms with van der Waals surface area (Å²) >= 11 is 0. The number of halogens is 1. The molecular formula is C10H16BrNO. The first-order valence-corrected chi connectivity index (χ1v) is 4.31. The summed E-state index contributed by atoms with van der Waals surface area (Å²) in [5.74, 6) is 0.331. The molecule has 3 heteroatoms. The van der Waals surface area contributed by atoms with Crippen LogP contribution >= 0.6 is 17.0 Å². The van der Waals surface area contributed by atoms with Crippen LogP contribution in [-0.4, -0.2) is 11.7 Å². The molecule has 0 bridgehead atoms. The molecule has 0 saturated heterocycles. The van der Waals surface area contributed by atoms with E-state index < -0.39 is 0 Å². The highest BCUT2D eigenvalue weighted by atomic mass is 79.9. The Hall–Kier alpha value is -0.540. The van der Waals surface area contributed by atoms with Crippen LogP contribution in [0.3, 0.4) is 0 Å². The number of phenols is 1. The van der Waals surface area contributed by atoms with Crippen molar-refractivity contribution in [1.82, 2.24) is 0 Å². The average Bonchev–Trinajstić information content (AvgIpc) is 2.09. The van der Waals surface area contributed by atoms with Gasteiger partial charge in [0.25, 0.3) is 0 Å². The number of hydrogen-bond acceptors (Lipinski definition) is 2. The van der Waals surface area contributed by atoms with Crippen LogP contribution in [0, 0.1) is 0 Å². The molecule has 0 saturated carbocycles. The Kier molecular flexibility index (Phi) is 6.63. The smallest absolute Gasteiger partial charge is 0.115 e. The van der Waals surface area contributed by atoms with Crippen molar-refractivity contribution < 1.29 is 5.11 Å². The van der Waals surface area contributed by atoms with Gasteiger partial charge in [0.05, 0.1) is 0 Å². The molecule has 13 heavy (non-hydrogen) atoms. The van der Waals surface area contributed by atoms with Gasteiger partial charge in [-0.3, -0.25) is 0 Å². The summed E-state index contributed by atoms with van der Waals surface area (Å²) in [6.07, 6.45) is 3.25. The molecule has 0 radical (unpaired) electrons.